The lowest BCUT2D eigenvalue weighted by atomic mass is 10.0. The number of furan rings is 1. The lowest BCUT2D eigenvalue weighted by molar-refractivity contribution is 0.670. The summed E-state index contributed by atoms with van der Waals surface area (Å²) in [7, 11) is 0. The molecule has 0 spiro atoms. The monoisotopic (exact) mass is 708 g/mol. The first-order chi connectivity index (χ1) is 26.7. The van der Waals surface area contributed by atoms with Gasteiger partial charge in [0.05, 0.1) is 0 Å². The topological polar surface area (TPSA) is 19.6 Å². The molecule has 0 saturated carbocycles. The molecule has 0 radical (unpaired) electrons. The standard InChI is InChI=1S/C50H32N2OS/c1-5-13-37(14-6-1)51(38-15-7-2-8-16-38)41-23-21-33-27-43-44-32-50-46(31-48(44)53-47(43)29-35(33)25-41)45-28-34-22-24-42(26-36(34)30-49(45)54-50)52(39-17-9-3-10-18-39)40-19-11-4-12-20-40/h1-32H. The Bertz CT molecular complexity index is 2860. The molecule has 3 nitrogen and oxygen atoms in total. The smallest absolute Gasteiger partial charge is 0.136 e. The van der Waals surface area contributed by atoms with Crippen LogP contribution in [0.3, 0.4) is 0 Å². The lowest BCUT2D eigenvalue weighted by Crippen LogP contribution is -2.09. The van der Waals surface area contributed by atoms with Gasteiger partial charge >= 0.3 is 0 Å². The van der Waals surface area contributed by atoms with Crippen LogP contribution in [0.15, 0.2) is 199 Å². The predicted octanol–water partition coefficient (Wildman–Crippen LogP) is 15.2. The first-order valence-corrected chi connectivity index (χ1v) is 19.1. The Labute approximate surface area is 316 Å². The van der Waals surface area contributed by atoms with Gasteiger partial charge in [-0.15, -0.1) is 11.3 Å². The van der Waals surface area contributed by atoms with Crippen molar-refractivity contribution in [3.63, 3.8) is 0 Å². The Hall–Kier alpha value is -6.88. The molecule has 254 valence electrons. The average molecular weight is 709 g/mol. The molecule has 0 unspecified atom stereocenters. The number of nitrogens with zero attached hydrogens (tertiary/aromatic N) is 2. The van der Waals surface area contributed by atoms with Gasteiger partial charge in [-0.05, 0) is 131 Å². The highest BCUT2D eigenvalue weighted by atomic mass is 32.1. The first-order valence-electron chi connectivity index (χ1n) is 18.2. The summed E-state index contributed by atoms with van der Waals surface area (Å²) in [5.41, 5.74) is 8.57. The van der Waals surface area contributed by atoms with Crippen LogP contribution in [0, 0.1) is 0 Å². The van der Waals surface area contributed by atoms with E-state index in [2.05, 4.69) is 204 Å². The third-order valence-corrected chi connectivity index (χ3v) is 11.6. The first kappa shape index (κ1) is 30.7. The minimum atomic E-state index is 0.905. The van der Waals surface area contributed by atoms with Gasteiger partial charge in [-0.1, -0.05) is 84.9 Å². The van der Waals surface area contributed by atoms with Crippen LogP contribution >= 0.6 is 11.3 Å². The Morgan fingerprint density at radius 3 is 1.22 bits per heavy atom. The third-order valence-electron chi connectivity index (χ3n) is 10.5. The maximum Gasteiger partial charge on any atom is 0.136 e. The average Bonchev–Trinajstić information content (AvgIpc) is 3.75. The predicted molar refractivity (Wildman–Crippen MR) is 231 cm³/mol. The second-order valence-corrected chi connectivity index (χ2v) is 14.9. The van der Waals surface area contributed by atoms with Crippen molar-refractivity contribution in [1.29, 1.82) is 0 Å². The van der Waals surface area contributed by atoms with E-state index in [1.54, 1.807) is 0 Å². The number of anilines is 6. The SMILES string of the molecule is c1ccc(N(c2ccccc2)c2ccc3cc4c(cc3c2)oc2cc3c(cc24)sc2cc4cc(N(c5ccccc5)c5ccccc5)ccc4cc23)cc1. The Morgan fingerprint density at radius 1 is 0.296 bits per heavy atom. The zero-order valence-corrected chi connectivity index (χ0v) is 30.0. The summed E-state index contributed by atoms with van der Waals surface area (Å²) >= 11 is 1.85. The largest absolute Gasteiger partial charge is 0.456 e. The van der Waals surface area contributed by atoms with Gasteiger partial charge in [0.2, 0.25) is 0 Å². The zero-order chi connectivity index (χ0) is 35.6. The van der Waals surface area contributed by atoms with E-state index in [-0.39, 0.29) is 0 Å². The van der Waals surface area contributed by atoms with Gasteiger partial charge in [0, 0.05) is 65.1 Å². The molecule has 0 amide bonds. The molecule has 0 aliphatic rings. The lowest BCUT2D eigenvalue weighted by Gasteiger charge is -2.25. The van der Waals surface area contributed by atoms with Crippen molar-refractivity contribution in [3.8, 4) is 0 Å². The van der Waals surface area contributed by atoms with E-state index >= 15 is 0 Å². The fraction of sp³-hybridized carbons (Fsp3) is 0. The second-order valence-electron chi connectivity index (χ2n) is 13.8. The molecule has 0 aliphatic heterocycles. The van der Waals surface area contributed by atoms with E-state index in [0.29, 0.717) is 0 Å². The molecular formula is C50H32N2OS. The third kappa shape index (κ3) is 5.11. The molecule has 11 rings (SSSR count). The number of benzene rings is 9. The van der Waals surface area contributed by atoms with Gasteiger partial charge in [0.15, 0.2) is 0 Å². The number of hydrogen-bond acceptors (Lipinski definition) is 4. The van der Waals surface area contributed by atoms with Gasteiger partial charge < -0.3 is 14.2 Å². The summed E-state index contributed by atoms with van der Waals surface area (Å²) in [6, 6.07) is 69.5. The summed E-state index contributed by atoms with van der Waals surface area (Å²) in [4.78, 5) is 4.62. The van der Waals surface area contributed by atoms with E-state index in [1.165, 1.54) is 36.3 Å². The van der Waals surface area contributed by atoms with Crippen LogP contribution < -0.4 is 9.80 Å². The molecule has 9 aromatic carbocycles. The normalized spacial score (nSPS) is 11.7. The Morgan fingerprint density at radius 2 is 0.704 bits per heavy atom. The fourth-order valence-electron chi connectivity index (χ4n) is 7.99. The second kappa shape index (κ2) is 12.4. The van der Waals surface area contributed by atoms with Gasteiger partial charge in [-0.2, -0.15) is 0 Å². The quantitative estimate of drug-likeness (QED) is 0.171. The highest BCUT2D eigenvalue weighted by Gasteiger charge is 2.17. The minimum absolute atomic E-state index is 0.905. The van der Waals surface area contributed by atoms with Gasteiger partial charge in [-0.3, -0.25) is 0 Å². The van der Waals surface area contributed by atoms with Crippen molar-refractivity contribution >= 4 is 109 Å². The van der Waals surface area contributed by atoms with Gasteiger partial charge in [0.25, 0.3) is 0 Å². The van der Waals surface area contributed by atoms with Crippen molar-refractivity contribution in [2.24, 2.45) is 0 Å². The Balaban J connectivity index is 1.01. The van der Waals surface area contributed by atoms with E-state index in [4.69, 9.17) is 4.42 Å². The van der Waals surface area contributed by atoms with Crippen LogP contribution in [0.2, 0.25) is 0 Å². The Kier molecular flexibility index (Phi) is 7.04. The van der Waals surface area contributed by atoms with Crippen LogP contribution in [0.25, 0.3) is 63.7 Å². The van der Waals surface area contributed by atoms with Crippen molar-refractivity contribution in [1.82, 2.24) is 0 Å². The summed E-state index contributed by atoms with van der Waals surface area (Å²) in [6.45, 7) is 0. The van der Waals surface area contributed by atoms with Crippen molar-refractivity contribution in [2.45, 2.75) is 0 Å². The molecule has 11 aromatic rings. The number of rotatable bonds is 6. The van der Waals surface area contributed by atoms with E-state index in [9.17, 15) is 0 Å². The molecule has 54 heavy (non-hydrogen) atoms. The fourth-order valence-corrected chi connectivity index (χ4v) is 9.14. The molecular weight excluding hydrogens is 677 g/mol. The van der Waals surface area contributed by atoms with Gasteiger partial charge in [-0.25, -0.2) is 0 Å². The van der Waals surface area contributed by atoms with Crippen molar-refractivity contribution in [2.75, 3.05) is 9.80 Å². The maximum atomic E-state index is 6.66. The summed E-state index contributed by atoms with van der Waals surface area (Å²) in [5, 5.41) is 9.57. The summed E-state index contributed by atoms with van der Waals surface area (Å²) in [5.74, 6) is 0. The highest BCUT2D eigenvalue weighted by Crippen LogP contribution is 2.44. The number of thiophene rings is 1. The summed E-state index contributed by atoms with van der Waals surface area (Å²) in [6.07, 6.45) is 0. The van der Waals surface area contributed by atoms with Crippen LogP contribution in [0.1, 0.15) is 0 Å². The zero-order valence-electron chi connectivity index (χ0n) is 29.2. The number of para-hydroxylation sites is 4. The van der Waals surface area contributed by atoms with E-state index in [1.807, 2.05) is 11.3 Å². The van der Waals surface area contributed by atoms with Crippen molar-refractivity contribution in [3.05, 3.63) is 194 Å². The number of hydrogen-bond donors (Lipinski definition) is 0. The van der Waals surface area contributed by atoms with Crippen LogP contribution in [0.4, 0.5) is 34.1 Å². The van der Waals surface area contributed by atoms with Crippen LogP contribution in [0.5, 0.6) is 0 Å². The molecule has 0 atom stereocenters. The van der Waals surface area contributed by atoms with Gasteiger partial charge in [0.1, 0.15) is 11.2 Å². The van der Waals surface area contributed by atoms with Crippen LogP contribution in [-0.4, -0.2) is 0 Å². The minimum Gasteiger partial charge on any atom is -0.456 e. The molecule has 0 fully saturated rings. The molecule has 0 aliphatic carbocycles. The summed E-state index contributed by atoms with van der Waals surface area (Å²) < 4.78 is 9.20. The van der Waals surface area contributed by atoms with Crippen molar-refractivity contribution < 1.29 is 4.42 Å². The molecule has 2 heterocycles. The molecule has 2 aromatic heterocycles. The van der Waals surface area contributed by atoms with E-state index < -0.39 is 0 Å². The highest BCUT2D eigenvalue weighted by molar-refractivity contribution is 7.26. The van der Waals surface area contributed by atoms with Crippen LogP contribution in [-0.2, 0) is 0 Å². The number of fused-ring (bicyclic) bond motifs is 8. The molecule has 4 heteroatoms. The molecule has 0 N–H and O–H groups in total. The molecule has 0 bridgehead atoms. The molecule has 0 saturated heterocycles. The van der Waals surface area contributed by atoms with E-state index in [0.717, 1.165) is 61.4 Å². The maximum absolute atomic E-state index is 6.66.